The molecule has 2 aromatic heterocycles. The van der Waals surface area contributed by atoms with Gasteiger partial charge in [-0.05, 0) is 62.1 Å². The van der Waals surface area contributed by atoms with Crippen LogP contribution in [0.1, 0.15) is 72.1 Å². The number of anilines is 2. The number of hydrogen-bond donors (Lipinski definition) is 2. The number of aliphatic hydroxyl groups is 1. The average Bonchev–Trinajstić information content (AvgIpc) is 3.99. The van der Waals surface area contributed by atoms with Gasteiger partial charge in [0.1, 0.15) is 11.4 Å². The van der Waals surface area contributed by atoms with Gasteiger partial charge in [-0.15, -0.1) is 0 Å². The Morgan fingerprint density at radius 1 is 0.582 bits per heavy atom. The van der Waals surface area contributed by atoms with Crippen molar-refractivity contribution in [2.75, 3.05) is 38.1 Å². The molecule has 8 rings (SSSR count). The smallest absolute Gasteiger partial charge is 0.337 e. The lowest BCUT2D eigenvalue weighted by Crippen LogP contribution is -2.30. The lowest BCUT2D eigenvalue weighted by molar-refractivity contribution is 0.0600. The summed E-state index contributed by atoms with van der Waals surface area (Å²) in [5, 5.41) is 16.3. The number of carbonyl (C=O) groups excluding carboxylic acids is 1. The molecule has 2 saturated carbocycles. The van der Waals surface area contributed by atoms with E-state index in [2.05, 4.69) is 36.0 Å². The van der Waals surface area contributed by atoms with Gasteiger partial charge in [0.05, 0.1) is 40.3 Å². The van der Waals surface area contributed by atoms with Crippen LogP contribution >= 0.6 is 0 Å². The average molecular weight is 741 g/mol. The van der Waals surface area contributed by atoms with Crippen LogP contribution in [0.25, 0.3) is 44.6 Å². The highest BCUT2D eigenvalue weighted by Crippen LogP contribution is 2.35. The molecule has 2 aliphatic carbocycles. The molecule has 0 radical (unpaired) electrons. The van der Waals surface area contributed by atoms with E-state index in [1.54, 1.807) is 30.3 Å². The zero-order valence-corrected chi connectivity index (χ0v) is 31.9. The SMILES string of the molecule is CN(c1nc2cc(C(=O)O)ccc2nc1-c1ccccc1)C1CCCC1.CO.COC(=O)c1ccc2nc(-c3ccccc3)c(N(C)C3CCCC3)nc2c1. The van der Waals surface area contributed by atoms with Crippen molar-refractivity contribution < 1.29 is 24.5 Å². The van der Waals surface area contributed by atoms with Crippen molar-refractivity contribution in [2.24, 2.45) is 0 Å². The summed E-state index contributed by atoms with van der Waals surface area (Å²) in [6.45, 7) is 0. The molecule has 2 aliphatic rings. The van der Waals surface area contributed by atoms with Crippen LogP contribution < -0.4 is 9.80 Å². The van der Waals surface area contributed by atoms with Gasteiger partial charge < -0.3 is 24.7 Å². The molecule has 0 spiro atoms. The lowest BCUT2D eigenvalue weighted by atomic mass is 10.1. The first-order valence-electron chi connectivity index (χ1n) is 18.8. The van der Waals surface area contributed by atoms with Crippen molar-refractivity contribution in [3.8, 4) is 22.5 Å². The molecule has 0 saturated heterocycles. The van der Waals surface area contributed by atoms with Crippen LogP contribution in [0.5, 0.6) is 0 Å². The molecule has 55 heavy (non-hydrogen) atoms. The molecule has 11 nitrogen and oxygen atoms in total. The molecule has 2 heterocycles. The summed E-state index contributed by atoms with van der Waals surface area (Å²) in [6, 6.07) is 31.4. The molecule has 0 bridgehead atoms. The standard InChI is InChI=1S/C22H23N3O2.C21H21N3O2.CH4O/c1-25(17-10-6-7-11-17)21-20(15-8-4-3-5-9-15)23-18-13-12-16(22(26)27-2)14-19(18)24-21;1-24(16-9-5-6-10-16)20-19(14-7-3-2-4-8-14)22-17-12-11-15(21(25)26)13-18(17)23-20;1-2/h3-5,8-9,12-14,17H,6-7,10-11H2,1-2H3;2-4,7-8,11-13,16H,5-6,9-10H2,1H3,(H,25,26);2H,1H3. The van der Waals surface area contributed by atoms with Gasteiger partial charge in [0, 0.05) is 44.4 Å². The predicted molar refractivity (Wildman–Crippen MR) is 218 cm³/mol. The topological polar surface area (TPSA) is 142 Å². The quantitative estimate of drug-likeness (QED) is 0.145. The van der Waals surface area contributed by atoms with Crippen LogP contribution in [0.15, 0.2) is 97.1 Å². The van der Waals surface area contributed by atoms with Crippen molar-refractivity contribution in [3.63, 3.8) is 0 Å². The summed E-state index contributed by atoms with van der Waals surface area (Å²) in [6.07, 6.45) is 9.63. The minimum atomic E-state index is -0.952. The van der Waals surface area contributed by atoms with Crippen LogP contribution in [-0.2, 0) is 4.74 Å². The molecule has 0 atom stereocenters. The molecule has 6 aromatic rings. The largest absolute Gasteiger partial charge is 0.478 e. The van der Waals surface area contributed by atoms with E-state index >= 15 is 0 Å². The van der Waals surface area contributed by atoms with E-state index in [4.69, 9.17) is 29.8 Å². The Balaban J connectivity index is 0.000000179. The zero-order chi connectivity index (χ0) is 38.9. The maximum absolute atomic E-state index is 11.9. The zero-order valence-electron chi connectivity index (χ0n) is 31.9. The number of methoxy groups -OCH3 is 1. The predicted octanol–water partition coefficient (Wildman–Crippen LogP) is 8.44. The second-order valence-corrected chi connectivity index (χ2v) is 13.8. The Morgan fingerprint density at radius 2 is 0.982 bits per heavy atom. The van der Waals surface area contributed by atoms with Crippen LogP contribution in [0.3, 0.4) is 0 Å². The number of aromatic carboxylic acids is 1. The van der Waals surface area contributed by atoms with Gasteiger partial charge in [-0.2, -0.15) is 0 Å². The van der Waals surface area contributed by atoms with Gasteiger partial charge in [-0.25, -0.2) is 29.5 Å². The van der Waals surface area contributed by atoms with Gasteiger partial charge in [0.15, 0.2) is 11.6 Å². The van der Waals surface area contributed by atoms with Gasteiger partial charge in [-0.3, -0.25) is 0 Å². The summed E-state index contributed by atoms with van der Waals surface area (Å²) in [5.41, 5.74) is 7.30. The number of ether oxygens (including phenoxy) is 1. The normalized spacial score (nSPS) is 14.1. The Morgan fingerprint density at radius 3 is 1.38 bits per heavy atom. The number of carboxylic acid groups (broad SMARTS) is 1. The highest BCUT2D eigenvalue weighted by atomic mass is 16.5. The number of aliphatic hydroxyl groups excluding tert-OH is 1. The Bertz CT molecular complexity index is 2240. The number of rotatable bonds is 8. The molecule has 2 N–H and O–H groups in total. The Kier molecular flexibility index (Phi) is 12.6. The van der Waals surface area contributed by atoms with Crippen LogP contribution in [-0.4, -0.2) is 82.5 Å². The van der Waals surface area contributed by atoms with Gasteiger partial charge >= 0.3 is 11.9 Å². The third kappa shape index (κ3) is 8.73. The van der Waals surface area contributed by atoms with Crippen molar-refractivity contribution >= 4 is 45.6 Å². The molecular weight excluding hydrogens is 693 g/mol. The number of fused-ring (bicyclic) bond motifs is 2. The van der Waals surface area contributed by atoms with E-state index in [0.717, 1.165) is 59.6 Å². The minimum Gasteiger partial charge on any atom is -0.478 e. The molecule has 284 valence electrons. The Labute approximate surface area is 321 Å². The number of benzene rings is 4. The van der Waals surface area contributed by atoms with Crippen molar-refractivity contribution in [1.29, 1.82) is 0 Å². The van der Waals surface area contributed by atoms with Crippen molar-refractivity contribution in [1.82, 2.24) is 19.9 Å². The van der Waals surface area contributed by atoms with Crippen molar-refractivity contribution in [3.05, 3.63) is 108 Å². The molecule has 2 fully saturated rings. The van der Waals surface area contributed by atoms with E-state index in [9.17, 15) is 14.7 Å². The van der Waals surface area contributed by atoms with E-state index in [1.165, 1.54) is 45.6 Å². The third-order valence-corrected chi connectivity index (χ3v) is 10.5. The van der Waals surface area contributed by atoms with Gasteiger partial charge in [-0.1, -0.05) is 86.3 Å². The summed E-state index contributed by atoms with van der Waals surface area (Å²) in [4.78, 5) is 47.2. The first-order chi connectivity index (χ1) is 26.8. The second-order valence-electron chi connectivity index (χ2n) is 13.8. The second kappa shape index (κ2) is 17.9. The van der Waals surface area contributed by atoms with E-state index in [-0.39, 0.29) is 11.5 Å². The highest BCUT2D eigenvalue weighted by Gasteiger charge is 2.26. The first-order valence-corrected chi connectivity index (χ1v) is 18.8. The van der Waals surface area contributed by atoms with Crippen LogP contribution in [0.2, 0.25) is 0 Å². The van der Waals surface area contributed by atoms with E-state index in [1.807, 2.05) is 54.6 Å². The first kappa shape index (κ1) is 38.8. The van der Waals surface area contributed by atoms with Crippen molar-refractivity contribution in [2.45, 2.75) is 63.5 Å². The lowest BCUT2D eigenvalue weighted by Gasteiger charge is -2.27. The van der Waals surface area contributed by atoms with Gasteiger partial charge in [0.2, 0.25) is 0 Å². The molecule has 0 aliphatic heterocycles. The maximum Gasteiger partial charge on any atom is 0.337 e. The fraction of sp³-hybridized carbons (Fsp3) is 0.318. The molecule has 4 aromatic carbocycles. The number of carboxylic acids is 1. The summed E-state index contributed by atoms with van der Waals surface area (Å²) < 4.78 is 4.84. The molecule has 0 unspecified atom stereocenters. The van der Waals surface area contributed by atoms with Crippen LogP contribution in [0.4, 0.5) is 11.6 Å². The third-order valence-electron chi connectivity index (χ3n) is 10.5. The Hall–Kier alpha value is -5.94. The van der Waals surface area contributed by atoms with Crippen LogP contribution in [0, 0.1) is 0 Å². The fourth-order valence-corrected chi connectivity index (χ4v) is 7.47. The molecular formula is C44H48N6O5. The van der Waals surface area contributed by atoms with E-state index in [0.29, 0.717) is 34.2 Å². The number of carbonyl (C=O) groups is 2. The molecule has 11 heteroatoms. The van der Waals surface area contributed by atoms with Gasteiger partial charge in [0.25, 0.3) is 0 Å². The summed E-state index contributed by atoms with van der Waals surface area (Å²) in [7, 11) is 6.55. The monoisotopic (exact) mass is 740 g/mol. The van der Waals surface area contributed by atoms with E-state index < -0.39 is 5.97 Å². The fourth-order valence-electron chi connectivity index (χ4n) is 7.47. The number of nitrogens with zero attached hydrogens (tertiary/aromatic N) is 6. The molecule has 0 amide bonds. The number of hydrogen-bond acceptors (Lipinski definition) is 10. The maximum atomic E-state index is 11.9. The minimum absolute atomic E-state index is 0.230. The summed E-state index contributed by atoms with van der Waals surface area (Å²) in [5.74, 6) is 0.365. The summed E-state index contributed by atoms with van der Waals surface area (Å²) >= 11 is 0. The number of esters is 1. The number of aromatic nitrogens is 4. The highest BCUT2D eigenvalue weighted by molar-refractivity contribution is 5.95.